The predicted molar refractivity (Wildman–Crippen MR) is 132 cm³/mol. The summed E-state index contributed by atoms with van der Waals surface area (Å²) in [6.45, 7) is 0.118. The molecule has 0 aliphatic carbocycles. The van der Waals surface area contributed by atoms with Crippen molar-refractivity contribution in [2.75, 3.05) is 24.0 Å². The van der Waals surface area contributed by atoms with Gasteiger partial charge in [-0.15, -0.1) is 0 Å². The molecule has 10 heteroatoms. The number of hydrazine groups is 1. The van der Waals surface area contributed by atoms with Gasteiger partial charge in [0.15, 0.2) is 0 Å². The summed E-state index contributed by atoms with van der Waals surface area (Å²) in [6.07, 6.45) is 0.0736. The summed E-state index contributed by atoms with van der Waals surface area (Å²) < 4.78 is 25.0. The lowest BCUT2D eigenvalue weighted by Crippen LogP contribution is -2.36. The number of hydrogen-bond donors (Lipinski definition) is 2. The second-order valence-electron chi connectivity index (χ2n) is 7.85. The van der Waals surface area contributed by atoms with E-state index in [1.807, 2.05) is 0 Å². The van der Waals surface area contributed by atoms with Crippen molar-refractivity contribution in [1.82, 2.24) is 5.43 Å². The molecule has 3 aromatic rings. The van der Waals surface area contributed by atoms with Crippen LogP contribution in [0.4, 0.5) is 15.8 Å². The number of carbonyl (C=O) groups is 2. The molecule has 1 atom stereocenters. The third kappa shape index (κ3) is 5.78. The number of amides is 2. The number of methoxy groups -OCH3 is 1. The van der Waals surface area contributed by atoms with Crippen LogP contribution < -0.4 is 25.2 Å². The summed E-state index contributed by atoms with van der Waals surface area (Å²) in [7, 11) is 1.56. The molecule has 3 aromatic carbocycles. The molecule has 0 unspecified atom stereocenters. The molecule has 0 saturated carbocycles. The monoisotopic (exact) mass is 517 g/mol. The average molecular weight is 518 g/mol. The fourth-order valence-electron chi connectivity index (χ4n) is 3.67. The molecule has 182 valence electrons. The molecule has 0 aromatic heterocycles. The molecule has 0 radical (unpaired) electrons. The molecule has 2 amide bonds. The Morgan fingerprint density at radius 2 is 1.91 bits per heavy atom. The van der Waals surface area contributed by atoms with Crippen LogP contribution in [0.2, 0.25) is 10.0 Å². The minimum atomic E-state index is -0.558. The Kier molecular flexibility index (Phi) is 7.63. The van der Waals surface area contributed by atoms with E-state index >= 15 is 0 Å². The highest BCUT2D eigenvalue weighted by Crippen LogP contribution is 2.30. The number of nitrogens with zero attached hydrogens (tertiary/aromatic N) is 1. The lowest BCUT2D eigenvalue weighted by atomic mass is 10.1. The number of carbonyl (C=O) groups excluding carboxylic acids is 2. The molecular weight excluding hydrogens is 496 g/mol. The fraction of sp³-hybridized carbons (Fsp3) is 0.200. The van der Waals surface area contributed by atoms with E-state index in [4.69, 9.17) is 32.7 Å². The normalized spacial score (nSPS) is 15.1. The third-order valence-electron chi connectivity index (χ3n) is 5.58. The Balaban J connectivity index is 1.39. The van der Waals surface area contributed by atoms with E-state index in [1.165, 1.54) is 12.1 Å². The van der Waals surface area contributed by atoms with E-state index in [1.54, 1.807) is 60.5 Å². The number of hydrogen-bond acceptors (Lipinski definition) is 5. The maximum Gasteiger partial charge on any atom is 0.243 e. The second kappa shape index (κ2) is 10.8. The molecule has 1 heterocycles. The molecule has 1 saturated heterocycles. The van der Waals surface area contributed by atoms with Crippen molar-refractivity contribution in [3.05, 3.63) is 82.1 Å². The molecule has 2 N–H and O–H groups in total. The van der Waals surface area contributed by atoms with Crippen LogP contribution in [-0.2, 0) is 16.2 Å². The van der Waals surface area contributed by atoms with Crippen molar-refractivity contribution in [1.29, 1.82) is 0 Å². The first-order chi connectivity index (χ1) is 16.9. The Bertz CT molecular complexity index is 1220. The highest BCUT2D eigenvalue weighted by Gasteiger charge is 2.35. The standard InChI is InChI=1S/C25H22Cl2FN3O4/c1-34-18-8-6-17(7-9-18)31-13-15(11-24(31)32)25(33)30-29-22-12-16(26)5-10-23(22)35-14-19-20(27)3-2-4-21(19)28/h2-10,12,15,29H,11,13-14H2,1H3,(H,30,33)/t15-/m1/s1. The van der Waals surface area contributed by atoms with Crippen molar-refractivity contribution in [2.45, 2.75) is 13.0 Å². The third-order valence-corrected chi connectivity index (χ3v) is 6.16. The minimum absolute atomic E-state index is 0.0736. The van der Waals surface area contributed by atoms with Crippen LogP contribution >= 0.6 is 23.2 Å². The maximum atomic E-state index is 14.1. The first-order valence-electron chi connectivity index (χ1n) is 10.7. The van der Waals surface area contributed by atoms with Gasteiger partial charge in [0.1, 0.15) is 23.9 Å². The summed E-state index contributed by atoms with van der Waals surface area (Å²) >= 11 is 12.2. The number of nitrogens with one attached hydrogen (secondary N) is 2. The van der Waals surface area contributed by atoms with Crippen LogP contribution in [0.5, 0.6) is 11.5 Å². The largest absolute Gasteiger partial charge is 0.497 e. The Morgan fingerprint density at radius 3 is 2.63 bits per heavy atom. The maximum absolute atomic E-state index is 14.1. The Hall–Kier alpha value is -3.49. The lowest BCUT2D eigenvalue weighted by molar-refractivity contribution is -0.125. The zero-order valence-corrected chi connectivity index (χ0v) is 20.2. The van der Waals surface area contributed by atoms with E-state index in [0.717, 1.165) is 0 Å². The topological polar surface area (TPSA) is 79.9 Å². The van der Waals surface area contributed by atoms with Gasteiger partial charge in [0.2, 0.25) is 11.8 Å². The van der Waals surface area contributed by atoms with Crippen molar-refractivity contribution < 1.29 is 23.5 Å². The summed E-state index contributed by atoms with van der Waals surface area (Å²) in [5, 5.41) is 0.647. The summed E-state index contributed by atoms with van der Waals surface area (Å²) in [6, 6.07) is 16.2. The molecule has 4 rings (SSSR count). The number of anilines is 2. The van der Waals surface area contributed by atoms with Gasteiger partial charge in [-0.05, 0) is 54.6 Å². The van der Waals surface area contributed by atoms with Gasteiger partial charge in [0, 0.05) is 29.2 Å². The molecule has 1 aliphatic rings. The van der Waals surface area contributed by atoms with Gasteiger partial charge in [-0.25, -0.2) is 4.39 Å². The second-order valence-corrected chi connectivity index (χ2v) is 8.69. The van der Waals surface area contributed by atoms with Gasteiger partial charge in [-0.1, -0.05) is 29.3 Å². The fourth-order valence-corrected chi connectivity index (χ4v) is 4.06. The minimum Gasteiger partial charge on any atom is -0.497 e. The van der Waals surface area contributed by atoms with Crippen LogP contribution in [0.25, 0.3) is 0 Å². The SMILES string of the molecule is COc1ccc(N2C[C@H](C(=O)NNc3cc(Cl)ccc3OCc3c(F)cccc3Cl)CC2=O)cc1. The summed E-state index contributed by atoms with van der Waals surface area (Å²) in [5.41, 5.74) is 6.68. The highest BCUT2D eigenvalue weighted by molar-refractivity contribution is 6.31. The van der Waals surface area contributed by atoms with E-state index in [2.05, 4.69) is 10.9 Å². The van der Waals surface area contributed by atoms with Gasteiger partial charge in [0.25, 0.3) is 0 Å². The first kappa shape index (κ1) is 24.6. The molecule has 7 nitrogen and oxygen atoms in total. The quantitative estimate of drug-likeness (QED) is 0.400. The van der Waals surface area contributed by atoms with E-state index < -0.39 is 11.7 Å². The van der Waals surface area contributed by atoms with Gasteiger partial charge in [0.05, 0.1) is 23.7 Å². The molecule has 1 fully saturated rings. The van der Waals surface area contributed by atoms with Crippen LogP contribution in [0.1, 0.15) is 12.0 Å². The summed E-state index contributed by atoms with van der Waals surface area (Å²) in [4.78, 5) is 26.9. The molecule has 0 bridgehead atoms. The molecule has 35 heavy (non-hydrogen) atoms. The average Bonchev–Trinajstić information content (AvgIpc) is 3.25. The van der Waals surface area contributed by atoms with Crippen molar-refractivity contribution in [2.24, 2.45) is 5.92 Å². The number of rotatable bonds is 8. The number of benzene rings is 3. The van der Waals surface area contributed by atoms with E-state index in [9.17, 15) is 14.0 Å². The Labute approximate surface area is 211 Å². The molecule has 1 aliphatic heterocycles. The highest BCUT2D eigenvalue weighted by atomic mass is 35.5. The van der Waals surface area contributed by atoms with Crippen molar-refractivity contribution in [3.63, 3.8) is 0 Å². The van der Waals surface area contributed by atoms with Crippen LogP contribution in [0.15, 0.2) is 60.7 Å². The smallest absolute Gasteiger partial charge is 0.243 e. The Morgan fingerprint density at radius 1 is 1.14 bits per heavy atom. The van der Waals surface area contributed by atoms with Crippen LogP contribution in [-0.4, -0.2) is 25.5 Å². The number of halogens is 3. The van der Waals surface area contributed by atoms with Gasteiger partial charge >= 0.3 is 0 Å². The zero-order valence-electron chi connectivity index (χ0n) is 18.7. The van der Waals surface area contributed by atoms with E-state index in [0.29, 0.717) is 27.9 Å². The van der Waals surface area contributed by atoms with Crippen molar-refractivity contribution in [3.8, 4) is 11.5 Å². The lowest BCUT2D eigenvalue weighted by Gasteiger charge is -2.18. The van der Waals surface area contributed by atoms with E-state index in [-0.39, 0.29) is 42.0 Å². The molecular formula is C25H22Cl2FN3O4. The van der Waals surface area contributed by atoms with Crippen LogP contribution in [0, 0.1) is 11.7 Å². The van der Waals surface area contributed by atoms with Gasteiger partial charge in [-0.2, -0.15) is 0 Å². The van der Waals surface area contributed by atoms with Crippen molar-refractivity contribution >= 4 is 46.4 Å². The van der Waals surface area contributed by atoms with Gasteiger partial charge in [-0.3, -0.25) is 20.4 Å². The van der Waals surface area contributed by atoms with Gasteiger partial charge < -0.3 is 14.4 Å². The predicted octanol–water partition coefficient (Wildman–Crippen LogP) is 5.22. The van der Waals surface area contributed by atoms with Crippen LogP contribution in [0.3, 0.4) is 0 Å². The number of ether oxygens (including phenoxy) is 2. The zero-order chi connectivity index (χ0) is 24.9. The first-order valence-corrected chi connectivity index (χ1v) is 11.5. The molecule has 0 spiro atoms. The summed E-state index contributed by atoms with van der Waals surface area (Å²) in [5.74, 6) is -0.548.